The van der Waals surface area contributed by atoms with E-state index in [1.165, 1.54) is 4.90 Å². The fourth-order valence-corrected chi connectivity index (χ4v) is 2.73. The van der Waals surface area contributed by atoms with Crippen molar-refractivity contribution in [2.75, 3.05) is 6.54 Å². The van der Waals surface area contributed by atoms with E-state index in [1.807, 2.05) is 0 Å². The Morgan fingerprint density at radius 2 is 1.71 bits per heavy atom. The van der Waals surface area contributed by atoms with Gasteiger partial charge in [0.1, 0.15) is 6.42 Å². The van der Waals surface area contributed by atoms with Crippen molar-refractivity contribution in [3.8, 4) is 0 Å². The van der Waals surface area contributed by atoms with E-state index in [0.29, 0.717) is 6.54 Å². The monoisotopic (exact) mass is 238 g/mol. The number of amides is 4. The summed E-state index contributed by atoms with van der Waals surface area (Å²) in [5.41, 5.74) is 0.240. The van der Waals surface area contributed by atoms with Crippen molar-refractivity contribution in [2.45, 2.75) is 34.1 Å². The third kappa shape index (κ3) is 1.64. The second-order valence-corrected chi connectivity index (χ2v) is 6.03. The molecule has 0 aromatic carbocycles. The van der Waals surface area contributed by atoms with E-state index >= 15 is 0 Å². The Bertz CT molecular complexity index is 378. The van der Waals surface area contributed by atoms with Gasteiger partial charge in [-0.25, -0.2) is 4.79 Å². The third-order valence-electron chi connectivity index (χ3n) is 4.79. The second-order valence-electron chi connectivity index (χ2n) is 6.03. The zero-order valence-electron chi connectivity index (χ0n) is 10.7. The summed E-state index contributed by atoms with van der Waals surface area (Å²) in [4.78, 5) is 35.4. The van der Waals surface area contributed by atoms with E-state index in [9.17, 15) is 14.4 Å². The van der Waals surface area contributed by atoms with Crippen molar-refractivity contribution in [1.82, 2.24) is 10.2 Å². The number of rotatable bonds is 2. The molecule has 0 bridgehead atoms. The molecule has 1 heterocycles. The number of hydrogen-bond donors (Lipinski definition) is 1. The molecule has 17 heavy (non-hydrogen) atoms. The predicted octanol–water partition coefficient (Wildman–Crippen LogP) is 1.14. The molecule has 1 saturated carbocycles. The number of urea groups is 1. The molecule has 4 amide bonds. The summed E-state index contributed by atoms with van der Waals surface area (Å²) in [6.45, 7) is 8.94. The largest absolute Gasteiger partial charge is 0.330 e. The lowest BCUT2D eigenvalue weighted by Gasteiger charge is -2.25. The zero-order chi connectivity index (χ0) is 13.0. The average molecular weight is 238 g/mol. The molecule has 0 radical (unpaired) electrons. The van der Waals surface area contributed by atoms with Gasteiger partial charge in [-0.1, -0.05) is 27.7 Å². The van der Waals surface area contributed by atoms with Gasteiger partial charge in [-0.2, -0.15) is 0 Å². The van der Waals surface area contributed by atoms with Crippen LogP contribution in [-0.2, 0) is 9.59 Å². The first-order valence-corrected chi connectivity index (χ1v) is 5.82. The third-order valence-corrected chi connectivity index (χ3v) is 4.79. The van der Waals surface area contributed by atoms with Gasteiger partial charge in [0, 0.05) is 6.54 Å². The SMILES string of the molecule is CC1(C)C(CN2C(=O)CC(=O)NC2=O)C1(C)C. The minimum Gasteiger partial charge on any atom is -0.277 e. The summed E-state index contributed by atoms with van der Waals surface area (Å²) in [6.07, 6.45) is -0.223. The molecule has 2 fully saturated rings. The maximum Gasteiger partial charge on any atom is 0.330 e. The van der Waals surface area contributed by atoms with Gasteiger partial charge in [0.25, 0.3) is 0 Å². The Morgan fingerprint density at radius 3 is 2.12 bits per heavy atom. The van der Waals surface area contributed by atoms with E-state index < -0.39 is 17.8 Å². The van der Waals surface area contributed by atoms with Crippen LogP contribution in [0.5, 0.6) is 0 Å². The van der Waals surface area contributed by atoms with Crippen molar-refractivity contribution in [1.29, 1.82) is 0 Å². The van der Waals surface area contributed by atoms with Crippen LogP contribution in [0.2, 0.25) is 0 Å². The van der Waals surface area contributed by atoms with E-state index in [1.54, 1.807) is 0 Å². The lowest BCUT2D eigenvalue weighted by molar-refractivity contribution is -0.136. The molecule has 5 heteroatoms. The fourth-order valence-electron chi connectivity index (χ4n) is 2.73. The molecule has 1 aliphatic heterocycles. The summed E-state index contributed by atoms with van der Waals surface area (Å²) in [6, 6.07) is -0.579. The first-order chi connectivity index (χ1) is 7.68. The van der Waals surface area contributed by atoms with Crippen LogP contribution >= 0.6 is 0 Å². The lowest BCUT2D eigenvalue weighted by atomic mass is 10.0. The smallest absolute Gasteiger partial charge is 0.277 e. The van der Waals surface area contributed by atoms with Crippen LogP contribution in [0.1, 0.15) is 34.1 Å². The molecular formula is C12H18N2O3. The topological polar surface area (TPSA) is 66.5 Å². The molecule has 94 valence electrons. The van der Waals surface area contributed by atoms with Crippen molar-refractivity contribution >= 4 is 17.8 Å². The first-order valence-electron chi connectivity index (χ1n) is 5.82. The van der Waals surface area contributed by atoms with Gasteiger partial charge < -0.3 is 0 Å². The van der Waals surface area contributed by atoms with Gasteiger partial charge in [-0.3, -0.25) is 19.8 Å². The van der Waals surface area contributed by atoms with Crippen molar-refractivity contribution in [2.24, 2.45) is 16.7 Å². The molecule has 0 aromatic heterocycles. The number of nitrogens with one attached hydrogen (secondary N) is 1. The number of hydrogen-bond acceptors (Lipinski definition) is 3. The molecule has 0 unspecified atom stereocenters. The van der Waals surface area contributed by atoms with Gasteiger partial charge in [-0.15, -0.1) is 0 Å². The molecule has 0 aromatic rings. The summed E-state index contributed by atoms with van der Waals surface area (Å²) in [7, 11) is 0. The van der Waals surface area contributed by atoms with E-state index in [0.717, 1.165) is 0 Å². The van der Waals surface area contributed by atoms with Crippen molar-refractivity contribution in [3.05, 3.63) is 0 Å². The van der Waals surface area contributed by atoms with Gasteiger partial charge >= 0.3 is 6.03 Å². The molecule has 1 aliphatic carbocycles. The number of carbonyl (C=O) groups excluding carboxylic acids is 3. The fraction of sp³-hybridized carbons (Fsp3) is 0.750. The molecule has 2 rings (SSSR count). The highest BCUT2D eigenvalue weighted by Crippen LogP contribution is 2.68. The second kappa shape index (κ2) is 3.31. The molecule has 1 saturated heterocycles. The van der Waals surface area contributed by atoms with E-state index in [4.69, 9.17) is 0 Å². The molecule has 5 nitrogen and oxygen atoms in total. The maximum absolute atomic E-state index is 11.6. The Labute approximate surface area is 101 Å². The number of carbonyl (C=O) groups is 3. The molecule has 2 aliphatic rings. The molecule has 1 N–H and O–H groups in total. The minimum absolute atomic E-state index is 0.120. The number of imide groups is 2. The average Bonchev–Trinajstić information content (AvgIpc) is 2.51. The minimum atomic E-state index is -0.579. The van der Waals surface area contributed by atoms with Crippen LogP contribution in [0.25, 0.3) is 0 Å². The van der Waals surface area contributed by atoms with Crippen LogP contribution in [0, 0.1) is 16.7 Å². The molecule has 0 atom stereocenters. The van der Waals surface area contributed by atoms with E-state index in [2.05, 4.69) is 33.0 Å². The van der Waals surface area contributed by atoms with E-state index in [-0.39, 0.29) is 23.2 Å². The first kappa shape index (κ1) is 12.1. The lowest BCUT2D eigenvalue weighted by Crippen LogP contribution is -2.53. The summed E-state index contributed by atoms with van der Waals surface area (Å²) < 4.78 is 0. The Morgan fingerprint density at radius 1 is 1.18 bits per heavy atom. The summed E-state index contributed by atoms with van der Waals surface area (Å²) in [5, 5.41) is 2.17. The Balaban J connectivity index is 2.08. The van der Waals surface area contributed by atoms with Crippen LogP contribution in [0.15, 0.2) is 0 Å². The van der Waals surface area contributed by atoms with Crippen LogP contribution in [0.3, 0.4) is 0 Å². The molecular weight excluding hydrogens is 220 g/mol. The Kier molecular flexibility index (Phi) is 2.35. The maximum atomic E-state index is 11.6. The summed E-state index contributed by atoms with van der Waals surface area (Å²) in [5.74, 6) is -0.610. The number of barbiturate groups is 1. The highest BCUT2D eigenvalue weighted by Gasteiger charge is 2.65. The highest BCUT2D eigenvalue weighted by molar-refractivity contribution is 6.14. The molecule has 0 spiro atoms. The van der Waals surface area contributed by atoms with Gasteiger partial charge in [0.15, 0.2) is 0 Å². The normalized spacial score (nSPS) is 27.1. The predicted molar refractivity (Wildman–Crippen MR) is 60.9 cm³/mol. The number of nitrogens with zero attached hydrogens (tertiary/aromatic N) is 1. The standard InChI is InChI=1S/C12H18N2O3/c1-11(2)7(12(11,3)4)6-14-9(16)5-8(15)13-10(14)17/h7H,5-6H2,1-4H3,(H,13,15,17). The summed E-state index contributed by atoms with van der Waals surface area (Å²) >= 11 is 0. The highest BCUT2D eigenvalue weighted by atomic mass is 16.2. The van der Waals surface area contributed by atoms with Crippen molar-refractivity contribution < 1.29 is 14.4 Å². The van der Waals surface area contributed by atoms with Gasteiger partial charge in [-0.05, 0) is 16.7 Å². The van der Waals surface area contributed by atoms with Crippen LogP contribution in [-0.4, -0.2) is 29.3 Å². The zero-order valence-corrected chi connectivity index (χ0v) is 10.7. The van der Waals surface area contributed by atoms with Crippen LogP contribution in [0.4, 0.5) is 4.79 Å². The van der Waals surface area contributed by atoms with Gasteiger partial charge in [0.05, 0.1) is 0 Å². The van der Waals surface area contributed by atoms with Crippen LogP contribution < -0.4 is 5.32 Å². The Hall–Kier alpha value is -1.39. The van der Waals surface area contributed by atoms with Gasteiger partial charge in [0.2, 0.25) is 11.8 Å². The quantitative estimate of drug-likeness (QED) is 0.733. The van der Waals surface area contributed by atoms with Crippen molar-refractivity contribution in [3.63, 3.8) is 0 Å².